The molecule has 0 aliphatic heterocycles. The van der Waals surface area contributed by atoms with Gasteiger partial charge in [0.25, 0.3) is 0 Å². The second kappa shape index (κ2) is 9.68. The van der Waals surface area contributed by atoms with Crippen molar-refractivity contribution < 1.29 is 22.0 Å². The zero-order valence-corrected chi connectivity index (χ0v) is 21.3. The van der Waals surface area contributed by atoms with E-state index in [1.807, 2.05) is 18.2 Å². The van der Waals surface area contributed by atoms with Crippen molar-refractivity contribution in [2.24, 2.45) is 0 Å². The highest BCUT2D eigenvalue weighted by molar-refractivity contribution is 7.90. The van der Waals surface area contributed by atoms with Crippen LogP contribution in [0, 0.1) is 11.6 Å². The lowest BCUT2D eigenvalue weighted by Crippen LogP contribution is -2.14. The highest BCUT2D eigenvalue weighted by Crippen LogP contribution is 2.31. The monoisotopic (exact) mass is 538 g/mol. The van der Waals surface area contributed by atoms with Crippen molar-refractivity contribution in [1.82, 2.24) is 9.97 Å². The van der Waals surface area contributed by atoms with Gasteiger partial charge in [0.05, 0.1) is 17.1 Å². The van der Waals surface area contributed by atoms with Gasteiger partial charge in [-0.1, -0.05) is 36.7 Å². The molecule has 1 N–H and O–H groups in total. The van der Waals surface area contributed by atoms with Crippen molar-refractivity contribution in [3.63, 3.8) is 0 Å². The highest BCUT2D eigenvalue weighted by Gasteiger charge is 2.24. The minimum atomic E-state index is -3.59. The summed E-state index contributed by atoms with van der Waals surface area (Å²) in [5, 5.41) is 2.00. The molecule has 0 amide bonds. The van der Waals surface area contributed by atoms with Gasteiger partial charge in [-0.05, 0) is 54.4 Å². The first-order valence-corrected chi connectivity index (χ1v) is 13.8. The zero-order chi connectivity index (χ0) is 26.3. The van der Waals surface area contributed by atoms with Gasteiger partial charge in [-0.3, -0.25) is 4.79 Å². The van der Waals surface area contributed by atoms with Crippen molar-refractivity contribution in [3.8, 4) is 11.1 Å². The molecular weight excluding hydrogens is 518 g/mol. The maximum atomic E-state index is 15.3. The molecule has 5 rings (SSSR count). The number of ketones is 1. The fourth-order valence-corrected chi connectivity index (χ4v) is 5.98. The van der Waals surface area contributed by atoms with Crippen molar-refractivity contribution in [2.75, 3.05) is 5.75 Å². The van der Waals surface area contributed by atoms with E-state index >= 15 is 4.39 Å². The fourth-order valence-electron chi connectivity index (χ4n) is 4.39. The SMILES string of the molecule is CCCS(=O)(=O)Cc1ccc(F)c(C(=O)c2ccc3[nH]c4ncc(-c5ccc(Cl)cc5)cc4c3c2)c1F. The molecule has 188 valence electrons. The molecule has 3 aromatic carbocycles. The molecule has 2 aromatic heterocycles. The van der Waals surface area contributed by atoms with Crippen LogP contribution in [0.25, 0.3) is 33.1 Å². The number of benzene rings is 3. The first kappa shape index (κ1) is 25.0. The number of fused-ring (bicyclic) bond motifs is 3. The van der Waals surface area contributed by atoms with E-state index in [2.05, 4.69) is 9.97 Å². The molecule has 37 heavy (non-hydrogen) atoms. The molecule has 5 aromatic rings. The number of rotatable bonds is 7. The highest BCUT2D eigenvalue weighted by atomic mass is 35.5. The van der Waals surface area contributed by atoms with Crippen molar-refractivity contribution in [2.45, 2.75) is 19.1 Å². The number of nitrogens with one attached hydrogen (secondary N) is 1. The molecule has 0 unspecified atom stereocenters. The van der Waals surface area contributed by atoms with Gasteiger partial charge in [0, 0.05) is 44.2 Å². The van der Waals surface area contributed by atoms with Crippen LogP contribution in [0.5, 0.6) is 0 Å². The average molecular weight is 539 g/mol. The summed E-state index contributed by atoms with van der Waals surface area (Å²) < 4.78 is 54.4. The number of hydrogen-bond acceptors (Lipinski definition) is 4. The van der Waals surface area contributed by atoms with Crippen LogP contribution in [0.15, 0.2) is 66.9 Å². The van der Waals surface area contributed by atoms with Crippen molar-refractivity contribution in [3.05, 3.63) is 100 Å². The largest absolute Gasteiger partial charge is 0.339 e. The summed E-state index contributed by atoms with van der Waals surface area (Å²) in [5.74, 6) is -3.81. The number of carbonyl (C=O) groups excluding carboxylic acids is 1. The molecule has 0 saturated carbocycles. The second-order valence-electron chi connectivity index (χ2n) is 8.83. The van der Waals surface area contributed by atoms with Crippen LogP contribution in [0.3, 0.4) is 0 Å². The quantitative estimate of drug-likeness (QED) is 0.229. The van der Waals surface area contributed by atoms with E-state index in [0.29, 0.717) is 28.0 Å². The fraction of sp³-hybridized carbons (Fsp3) is 0.143. The third-order valence-electron chi connectivity index (χ3n) is 6.18. The molecule has 9 heteroatoms. The molecule has 0 radical (unpaired) electrons. The van der Waals surface area contributed by atoms with E-state index in [1.165, 1.54) is 6.07 Å². The number of nitrogens with zero attached hydrogens (tertiary/aromatic N) is 1. The van der Waals surface area contributed by atoms with E-state index in [0.717, 1.165) is 28.6 Å². The summed E-state index contributed by atoms with van der Waals surface area (Å²) in [6.07, 6.45) is 2.09. The predicted octanol–water partition coefficient (Wildman–Crippen LogP) is 6.87. The second-order valence-corrected chi connectivity index (χ2v) is 11.4. The number of aromatic amines is 1. The van der Waals surface area contributed by atoms with E-state index in [4.69, 9.17) is 11.6 Å². The molecule has 0 aliphatic rings. The lowest BCUT2D eigenvalue weighted by molar-refractivity contribution is 0.103. The summed E-state index contributed by atoms with van der Waals surface area (Å²) in [5.41, 5.74) is 2.09. The Kier molecular flexibility index (Phi) is 6.56. The molecule has 0 bridgehead atoms. The lowest BCUT2D eigenvalue weighted by atomic mass is 9.98. The van der Waals surface area contributed by atoms with Gasteiger partial charge in [-0.25, -0.2) is 22.2 Å². The van der Waals surface area contributed by atoms with Crippen LogP contribution < -0.4 is 0 Å². The summed E-state index contributed by atoms with van der Waals surface area (Å²) in [6.45, 7) is 1.70. The summed E-state index contributed by atoms with van der Waals surface area (Å²) >= 11 is 5.99. The molecule has 0 fully saturated rings. The van der Waals surface area contributed by atoms with E-state index in [1.54, 1.807) is 37.4 Å². The topological polar surface area (TPSA) is 79.9 Å². The van der Waals surface area contributed by atoms with Gasteiger partial charge >= 0.3 is 0 Å². The Morgan fingerprint density at radius 3 is 2.46 bits per heavy atom. The third-order valence-corrected chi connectivity index (χ3v) is 8.21. The molecular formula is C28H21ClF2N2O3S. The zero-order valence-electron chi connectivity index (χ0n) is 19.7. The van der Waals surface area contributed by atoms with Crippen molar-refractivity contribution in [1.29, 1.82) is 0 Å². The van der Waals surface area contributed by atoms with Gasteiger partial charge in [0.2, 0.25) is 0 Å². The molecule has 0 saturated heterocycles. The Labute approximate surface area is 217 Å². The summed E-state index contributed by atoms with van der Waals surface area (Å²) in [4.78, 5) is 21.0. The van der Waals surface area contributed by atoms with Crippen LogP contribution in [-0.2, 0) is 15.6 Å². The minimum absolute atomic E-state index is 0.0664. The number of halogens is 3. The number of aromatic nitrogens is 2. The number of pyridine rings is 1. The molecule has 2 heterocycles. The summed E-state index contributed by atoms with van der Waals surface area (Å²) in [7, 11) is -3.59. The molecule has 5 nitrogen and oxygen atoms in total. The van der Waals surface area contributed by atoms with Gasteiger partial charge < -0.3 is 4.98 Å². The molecule has 0 atom stereocenters. The number of carbonyl (C=O) groups is 1. The smallest absolute Gasteiger partial charge is 0.198 e. The van der Waals surface area contributed by atoms with Gasteiger partial charge in [0.1, 0.15) is 17.3 Å². The molecule has 0 spiro atoms. The Balaban J connectivity index is 1.58. The van der Waals surface area contributed by atoms with Crippen LogP contribution in [0.1, 0.15) is 34.8 Å². The van der Waals surface area contributed by atoms with Crippen LogP contribution in [0.4, 0.5) is 8.78 Å². The van der Waals surface area contributed by atoms with E-state index in [9.17, 15) is 17.6 Å². The van der Waals surface area contributed by atoms with Crippen LogP contribution in [0.2, 0.25) is 5.02 Å². The average Bonchev–Trinajstić information content (AvgIpc) is 3.23. The number of H-pyrrole nitrogens is 1. The predicted molar refractivity (Wildman–Crippen MR) is 142 cm³/mol. The maximum absolute atomic E-state index is 15.3. The third kappa shape index (κ3) is 4.86. The molecule has 0 aliphatic carbocycles. The van der Waals surface area contributed by atoms with E-state index < -0.39 is 38.6 Å². The Morgan fingerprint density at radius 2 is 1.73 bits per heavy atom. The van der Waals surface area contributed by atoms with Gasteiger partial charge in [0.15, 0.2) is 15.6 Å². The Morgan fingerprint density at radius 1 is 0.973 bits per heavy atom. The van der Waals surface area contributed by atoms with Crippen molar-refractivity contribution >= 4 is 49.2 Å². The minimum Gasteiger partial charge on any atom is -0.339 e. The van der Waals surface area contributed by atoms with Crippen LogP contribution >= 0.6 is 11.6 Å². The Bertz CT molecular complexity index is 1780. The maximum Gasteiger partial charge on any atom is 0.198 e. The summed E-state index contributed by atoms with van der Waals surface area (Å²) in [6, 6.07) is 15.9. The lowest BCUT2D eigenvalue weighted by Gasteiger charge is -2.10. The van der Waals surface area contributed by atoms with Crippen LogP contribution in [-0.4, -0.2) is 29.9 Å². The normalized spacial score (nSPS) is 11.9. The van der Waals surface area contributed by atoms with E-state index in [-0.39, 0.29) is 16.9 Å². The standard InChI is InChI=1S/C28H21ClF2N2O3S/c1-2-11-37(35,36)15-18-5-9-23(30)25(26(18)31)27(34)17-6-10-24-21(12-17)22-13-19(14-32-28(22)33-24)16-3-7-20(29)8-4-16/h3-10,12-14H,2,11,15H2,1H3,(H,32,33). The Hall–Kier alpha value is -3.62. The first-order valence-electron chi connectivity index (χ1n) is 11.6. The van der Waals surface area contributed by atoms with Gasteiger partial charge in [-0.2, -0.15) is 0 Å². The van der Waals surface area contributed by atoms with Gasteiger partial charge in [-0.15, -0.1) is 0 Å². The number of sulfone groups is 1. The first-order chi connectivity index (χ1) is 17.7. The number of hydrogen-bond donors (Lipinski definition) is 1.